The van der Waals surface area contributed by atoms with Gasteiger partial charge in [0.2, 0.25) is 0 Å². The van der Waals surface area contributed by atoms with E-state index in [0.29, 0.717) is 10.9 Å². The maximum absolute atomic E-state index is 13.2. The van der Waals surface area contributed by atoms with Gasteiger partial charge >= 0.3 is 0 Å². The highest BCUT2D eigenvalue weighted by Crippen LogP contribution is 2.23. The van der Waals surface area contributed by atoms with Crippen molar-refractivity contribution in [2.24, 2.45) is 5.73 Å². The zero-order valence-corrected chi connectivity index (χ0v) is 12.8. The van der Waals surface area contributed by atoms with Crippen molar-refractivity contribution in [3.05, 3.63) is 76.1 Å². The van der Waals surface area contributed by atoms with Crippen molar-refractivity contribution in [2.45, 2.75) is 12.5 Å². The molecule has 1 unspecified atom stereocenters. The quantitative estimate of drug-likeness (QED) is 0.765. The summed E-state index contributed by atoms with van der Waals surface area (Å²) in [5.41, 5.74) is 9.29. The summed E-state index contributed by atoms with van der Waals surface area (Å²) in [4.78, 5) is 4.30. The Labute approximate surface area is 130 Å². The van der Waals surface area contributed by atoms with E-state index in [-0.39, 0.29) is 11.9 Å². The standard InChI is InChI=1S/C17H14BrFN2/c18-14-8-11(3-5-15(14)19)9-16(20)12-4-6-17-13(10-12)2-1-7-21-17/h1-8,10,16H,9,20H2. The van der Waals surface area contributed by atoms with Crippen LogP contribution in [0, 0.1) is 5.82 Å². The number of hydrogen-bond donors (Lipinski definition) is 1. The highest BCUT2D eigenvalue weighted by atomic mass is 79.9. The van der Waals surface area contributed by atoms with Gasteiger partial charge in [-0.1, -0.05) is 18.2 Å². The number of pyridine rings is 1. The van der Waals surface area contributed by atoms with Crippen LogP contribution in [-0.4, -0.2) is 4.98 Å². The van der Waals surface area contributed by atoms with E-state index in [2.05, 4.69) is 27.0 Å². The largest absolute Gasteiger partial charge is 0.324 e. The lowest BCUT2D eigenvalue weighted by atomic mass is 9.98. The summed E-state index contributed by atoms with van der Waals surface area (Å²) in [6, 6.07) is 14.8. The summed E-state index contributed by atoms with van der Waals surface area (Å²) < 4.78 is 13.7. The lowest BCUT2D eigenvalue weighted by Crippen LogP contribution is -2.13. The SMILES string of the molecule is NC(Cc1ccc(F)c(Br)c1)c1ccc2ncccc2c1. The van der Waals surface area contributed by atoms with Gasteiger partial charge in [-0.15, -0.1) is 0 Å². The van der Waals surface area contributed by atoms with E-state index < -0.39 is 0 Å². The van der Waals surface area contributed by atoms with Crippen LogP contribution in [0.1, 0.15) is 17.2 Å². The van der Waals surface area contributed by atoms with E-state index in [1.807, 2.05) is 24.3 Å². The van der Waals surface area contributed by atoms with Crippen LogP contribution < -0.4 is 5.73 Å². The monoisotopic (exact) mass is 344 g/mol. The first kappa shape index (κ1) is 14.2. The fourth-order valence-corrected chi connectivity index (χ4v) is 2.79. The summed E-state index contributed by atoms with van der Waals surface area (Å²) in [7, 11) is 0. The molecule has 3 rings (SSSR count). The normalized spacial score (nSPS) is 12.5. The van der Waals surface area contributed by atoms with Crippen molar-refractivity contribution in [1.82, 2.24) is 4.98 Å². The molecule has 0 saturated heterocycles. The molecule has 1 atom stereocenters. The minimum Gasteiger partial charge on any atom is -0.324 e. The summed E-state index contributed by atoms with van der Waals surface area (Å²) in [5, 5.41) is 1.07. The first-order valence-corrected chi connectivity index (χ1v) is 7.47. The molecule has 2 aromatic carbocycles. The summed E-state index contributed by atoms with van der Waals surface area (Å²) >= 11 is 3.20. The number of hydrogen-bond acceptors (Lipinski definition) is 2. The molecule has 0 aliphatic rings. The number of nitrogens with two attached hydrogens (primary N) is 1. The van der Waals surface area contributed by atoms with Gasteiger partial charge in [0.15, 0.2) is 0 Å². The summed E-state index contributed by atoms with van der Waals surface area (Å²) in [5.74, 6) is -0.260. The van der Waals surface area contributed by atoms with Gasteiger partial charge in [-0.05, 0) is 63.8 Å². The molecule has 0 fully saturated rings. The molecule has 0 radical (unpaired) electrons. The Balaban J connectivity index is 1.85. The van der Waals surface area contributed by atoms with Gasteiger partial charge < -0.3 is 5.73 Å². The van der Waals surface area contributed by atoms with Crippen LogP contribution in [0.5, 0.6) is 0 Å². The zero-order chi connectivity index (χ0) is 14.8. The minimum absolute atomic E-state index is 0.132. The predicted molar refractivity (Wildman–Crippen MR) is 86.5 cm³/mol. The second-order valence-corrected chi connectivity index (χ2v) is 5.87. The van der Waals surface area contributed by atoms with Gasteiger partial charge in [0.25, 0.3) is 0 Å². The Morgan fingerprint density at radius 3 is 2.81 bits per heavy atom. The van der Waals surface area contributed by atoms with Crippen molar-refractivity contribution in [3.63, 3.8) is 0 Å². The molecule has 0 spiro atoms. The van der Waals surface area contributed by atoms with Gasteiger partial charge in [0, 0.05) is 17.6 Å². The molecule has 0 saturated carbocycles. The van der Waals surface area contributed by atoms with Crippen LogP contribution in [0.3, 0.4) is 0 Å². The van der Waals surface area contributed by atoms with E-state index in [0.717, 1.165) is 22.0 Å². The third-order valence-corrected chi connectivity index (χ3v) is 4.10. The zero-order valence-electron chi connectivity index (χ0n) is 11.3. The molecule has 1 heterocycles. The highest BCUT2D eigenvalue weighted by molar-refractivity contribution is 9.10. The van der Waals surface area contributed by atoms with Crippen molar-refractivity contribution < 1.29 is 4.39 Å². The lowest BCUT2D eigenvalue weighted by molar-refractivity contribution is 0.618. The highest BCUT2D eigenvalue weighted by Gasteiger charge is 2.09. The number of halogens is 2. The van der Waals surface area contributed by atoms with Crippen molar-refractivity contribution >= 4 is 26.8 Å². The topological polar surface area (TPSA) is 38.9 Å². The third-order valence-electron chi connectivity index (χ3n) is 3.49. The van der Waals surface area contributed by atoms with Crippen LogP contribution in [0.4, 0.5) is 4.39 Å². The van der Waals surface area contributed by atoms with Crippen LogP contribution in [0.15, 0.2) is 59.2 Å². The Morgan fingerprint density at radius 2 is 2.00 bits per heavy atom. The number of fused-ring (bicyclic) bond motifs is 1. The summed E-state index contributed by atoms with van der Waals surface area (Å²) in [6.07, 6.45) is 2.43. The molecular weight excluding hydrogens is 331 g/mol. The molecule has 3 aromatic rings. The number of benzene rings is 2. The maximum atomic E-state index is 13.2. The molecule has 4 heteroatoms. The van der Waals surface area contributed by atoms with E-state index in [1.54, 1.807) is 18.3 Å². The molecule has 2 N–H and O–H groups in total. The Kier molecular flexibility index (Phi) is 3.99. The smallest absolute Gasteiger partial charge is 0.137 e. The lowest BCUT2D eigenvalue weighted by Gasteiger charge is -2.13. The molecule has 0 amide bonds. The Morgan fingerprint density at radius 1 is 1.14 bits per heavy atom. The van der Waals surface area contributed by atoms with Crippen molar-refractivity contribution in [2.75, 3.05) is 0 Å². The van der Waals surface area contributed by atoms with Gasteiger partial charge in [-0.25, -0.2) is 4.39 Å². The van der Waals surface area contributed by atoms with Crippen LogP contribution >= 0.6 is 15.9 Å². The fourth-order valence-electron chi connectivity index (χ4n) is 2.36. The molecule has 1 aromatic heterocycles. The van der Waals surface area contributed by atoms with Crippen LogP contribution in [0.2, 0.25) is 0 Å². The van der Waals surface area contributed by atoms with E-state index in [9.17, 15) is 4.39 Å². The average Bonchev–Trinajstić information content (AvgIpc) is 2.50. The molecule has 2 nitrogen and oxygen atoms in total. The average molecular weight is 345 g/mol. The predicted octanol–water partition coefficient (Wildman–Crippen LogP) is 4.38. The maximum Gasteiger partial charge on any atom is 0.137 e. The molecule has 106 valence electrons. The van der Waals surface area contributed by atoms with Crippen molar-refractivity contribution in [1.29, 1.82) is 0 Å². The fraction of sp³-hybridized carbons (Fsp3) is 0.118. The van der Waals surface area contributed by atoms with Crippen LogP contribution in [-0.2, 0) is 6.42 Å². The third kappa shape index (κ3) is 3.12. The number of rotatable bonds is 3. The Bertz CT molecular complexity index is 789. The molecular formula is C17H14BrFN2. The first-order chi connectivity index (χ1) is 10.1. The van der Waals surface area contributed by atoms with E-state index in [1.165, 1.54) is 6.07 Å². The van der Waals surface area contributed by atoms with Crippen molar-refractivity contribution in [3.8, 4) is 0 Å². The Hall–Kier alpha value is -1.78. The van der Waals surface area contributed by atoms with Crippen LogP contribution in [0.25, 0.3) is 10.9 Å². The molecule has 0 aliphatic heterocycles. The van der Waals surface area contributed by atoms with Gasteiger partial charge in [0.05, 0.1) is 9.99 Å². The van der Waals surface area contributed by atoms with E-state index in [4.69, 9.17) is 5.73 Å². The second kappa shape index (κ2) is 5.92. The van der Waals surface area contributed by atoms with E-state index >= 15 is 0 Å². The van der Waals surface area contributed by atoms with Gasteiger partial charge in [-0.3, -0.25) is 4.98 Å². The molecule has 0 bridgehead atoms. The first-order valence-electron chi connectivity index (χ1n) is 6.67. The summed E-state index contributed by atoms with van der Waals surface area (Å²) in [6.45, 7) is 0. The second-order valence-electron chi connectivity index (χ2n) is 5.01. The minimum atomic E-state index is -0.260. The molecule has 21 heavy (non-hydrogen) atoms. The molecule has 0 aliphatic carbocycles. The number of aromatic nitrogens is 1. The number of nitrogens with zero attached hydrogens (tertiary/aromatic N) is 1. The van der Waals surface area contributed by atoms with Gasteiger partial charge in [-0.2, -0.15) is 0 Å². The van der Waals surface area contributed by atoms with Gasteiger partial charge in [0.1, 0.15) is 5.82 Å².